The van der Waals surface area contributed by atoms with Crippen molar-refractivity contribution in [3.63, 3.8) is 0 Å². The van der Waals surface area contributed by atoms with Crippen LogP contribution in [0.5, 0.6) is 0 Å². The Labute approximate surface area is 120 Å². The molecule has 0 bridgehead atoms. The van der Waals surface area contributed by atoms with E-state index in [1.165, 1.54) is 0 Å². The number of fused-ring (bicyclic) bond motifs is 1. The van der Waals surface area contributed by atoms with Gasteiger partial charge >= 0.3 is 0 Å². The number of para-hydroxylation sites is 1. The molecule has 4 heteroatoms. The molecule has 0 saturated carbocycles. The molecule has 3 aromatic rings. The van der Waals surface area contributed by atoms with Gasteiger partial charge in [-0.1, -0.05) is 47.5 Å². The highest BCUT2D eigenvalue weighted by Crippen LogP contribution is 2.30. The second kappa shape index (κ2) is 4.89. The largest absolute Gasteiger partial charge is 0.459 e. The summed E-state index contributed by atoms with van der Waals surface area (Å²) in [4.78, 5) is 0. The van der Waals surface area contributed by atoms with Crippen LogP contribution in [0.3, 0.4) is 0 Å². The van der Waals surface area contributed by atoms with Gasteiger partial charge in [0.1, 0.15) is 11.3 Å². The summed E-state index contributed by atoms with van der Waals surface area (Å²) in [7, 11) is 0. The summed E-state index contributed by atoms with van der Waals surface area (Å²) in [5.41, 5.74) is 7.90. The van der Waals surface area contributed by atoms with Gasteiger partial charge in [0.25, 0.3) is 0 Å². The Morgan fingerprint density at radius 3 is 2.47 bits per heavy atom. The third kappa shape index (κ3) is 2.35. The first-order chi connectivity index (χ1) is 9.15. The fourth-order valence-electron chi connectivity index (χ4n) is 2.03. The molecule has 2 aromatic carbocycles. The van der Waals surface area contributed by atoms with Gasteiger partial charge in [0.15, 0.2) is 0 Å². The van der Waals surface area contributed by atoms with Crippen LogP contribution in [-0.2, 0) is 0 Å². The highest BCUT2D eigenvalue weighted by molar-refractivity contribution is 6.42. The Morgan fingerprint density at radius 2 is 1.74 bits per heavy atom. The van der Waals surface area contributed by atoms with Crippen molar-refractivity contribution in [1.29, 1.82) is 0 Å². The average Bonchev–Trinajstić information content (AvgIpc) is 2.85. The van der Waals surface area contributed by atoms with Crippen molar-refractivity contribution in [1.82, 2.24) is 0 Å². The van der Waals surface area contributed by atoms with Crippen LogP contribution in [0.25, 0.3) is 11.0 Å². The number of rotatable bonds is 2. The summed E-state index contributed by atoms with van der Waals surface area (Å²) in [5.74, 6) is 0.708. The standard InChI is InChI=1S/C15H11Cl2NO/c16-11-6-5-10(7-12(11)17)15(18)14-8-9-3-1-2-4-13(9)19-14/h1-8,15H,18H2. The monoisotopic (exact) mass is 291 g/mol. The van der Waals surface area contributed by atoms with Gasteiger partial charge in [-0.3, -0.25) is 0 Å². The van der Waals surface area contributed by atoms with Crippen LogP contribution in [0.2, 0.25) is 10.0 Å². The molecule has 19 heavy (non-hydrogen) atoms. The molecule has 1 atom stereocenters. The molecule has 0 aliphatic heterocycles. The fraction of sp³-hybridized carbons (Fsp3) is 0.0667. The Kier molecular flexibility index (Phi) is 3.23. The van der Waals surface area contributed by atoms with Crippen molar-refractivity contribution in [3.8, 4) is 0 Å². The second-order valence-electron chi connectivity index (χ2n) is 4.34. The summed E-state index contributed by atoms with van der Waals surface area (Å²) in [6, 6.07) is 14.7. The Bertz CT molecular complexity index is 703. The van der Waals surface area contributed by atoms with E-state index in [0.717, 1.165) is 16.5 Å². The number of benzene rings is 2. The minimum Gasteiger partial charge on any atom is -0.459 e. The lowest BCUT2D eigenvalue weighted by Gasteiger charge is -2.09. The minimum absolute atomic E-state index is 0.359. The second-order valence-corrected chi connectivity index (χ2v) is 5.15. The maximum Gasteiger partial charge on any atom is 0.134 e. The predicted octanol–water partition coefficient (Wildman–Crippen LogP) is 4.79. The Hall–Kier alpha value is -1.48. The third-order valence-electron chi connectivity index (χ3n) is 3.05. The highest BCUT2D eigenvalue weighted by Gasteiger charge is 2.15. The van der Waals surface area contributed by atoms with Gasteiger partial charge in [-0.05, 0) is 29.8 Å². The van der Waals surface area contributed by atoms with E-state index in [4.69, 9.17) is 33.4 Å². The molecule has 1 aromatic heterocycles. The number of halogens is 2. The molecule has 2 N–H and O–H groups in total. The van der Waals surface area contributed by atoms with Gasteiger partial charge in [-0.15, -0.1) is 0 Å². The van der Waals surface area contributed by atoms with Crippen LogP contribution in [-0.4, -0.2) is 0 Å². The highest BCUT2D eigenvalue weighted by atomic mass is 35.5. The topological polar surface area (TPSA) is 39.2 Å². The molecular formula is C15H11Cl2NO. The van der Waals surface area contributed by atoms with Gasteiger partial charge in [0, 0.05) is 5.39 Å². The molecule has 0 aliphatic carbocycles. The molecule has 2 nitrogen and oxygen atoms in total. The molecule has 0 amide bonds. The van der Waals surface area contributed by atoms with E-state index in [2.05, 4.69) is 0 Å². The summed E-state index contributed by atoms with van der Waals surface area (Å²) in [6.45, 7) is 0. The lowest BCUT2D eigenvalue weighted by molar-refractivity contribution is 0.525. The predicted molar refractivity (Wildman–Crippen MR) is 78.7 cm³/mol. The van der Waals surface area contributed by atoms with E-state index in [0.29, 0.717) is 15.8 Å². The normalized spacial score (nSPS) is 12.8. The van der Waals surface area contributed by atoms with E-state index in [-0.39, 0.29) is 6.04 Å². The fourth-order valence-corrected chi connectivity index (χ4v) is 2.33. The van der Waals surface area contributed by atoms with Crippen LogP contribution in [0, 0.1) is 0 Å². The smallest absolute Gasteiger partial charge is 0.134 e. The zero-order valence-electron chi connectivity index (χ0n) is 9.94. The summed E-state index contributed by atoms with van der Waals surface area (Å²) in [5, 5.41) is 2.04. The van der Waals surface area contributed by atoms with Crippen LogP contribution in [0.4, 0.5) is 0 Å². The van der Waals surface area contributed by atoms with Crippen molar-refractivity contribution in [2.24, 2.45) is 5.73 Å². The van der Waals surface area contributed by atoms with Gasteiger partial charge in [-0.2, -0.15) is 0 Å². The Balaban J connectivity index is 2.02. The number of hydrogen-bond acceptors (Lipinski definition) is 2. The van der Waals surface area contributed by atoms with Crippen molar-refractivity contribution in [3.05, 3.63) is 69.9 Å². The summed E-state index contributed by atoms with van der Waals surface area (Å²) in [6.07, 6.45) is 0. The SMILES string of the molecule is NC(c1ccc(Cl)c(Cl)c1)c1cc2ccccc2o1. The van der Waals surface area contributed by atoms with Crippen LogP contribution in [0.15, 0.2) is 52.9 Å². The molecule has 0 fully saturated rings. The number of nitrogens with two attached hydrogens (primary N) is 1. The van der Waals surface area contributed by atoms with Crippen molar-refractivity contribution in [2.45, 2.75) is 6.04 Å². The first kappa shape index (κ1) is 12.5. The maximum absolute atomic E-state index is 6.20. The molecule has 1 heterocycles. The van der Waals surface area contributed by atoms with Crippen molar-refractivity contribution < 1.29 is 4.42 Å². The Morgan fingerprint density at radius 1 is 0.947 bits per heavy atom. The third-order valence-corrected chi connectivity index (χ3v) is 3.79. The van der Waals surface area contributed by atoms with E-state index in [1.54, 1.807) is 12.1 Å². The van der Waals surface area contributed by atoms with E-state index < -0.39 is 0 Å². The lowest BCUT2D eigenvalue weighted by atomic mass is 10.1. The van der Waals surface area contributed by atoms with Crippen LogP contribution in [0.1, 0.15) is 17.4 Å². The zero-order valence-corrected chi connectivity index (χ0v) is 11.4. The molecule has 0 radical (unpaired) electrons. The average molecular weight is 292 g/mol. The lowest BCUT2D eigenvalue weighted by Crippen LogP contribution is -2.10. The molecule has 96 valence electrons. The molecule has 3 rings (SSSR count). The quantitative estimate of drug-likeness (QED) is 0.737. The van der Waals surface area contributed by atoms with Gasteiger partial charge in [0.2, 0.25) is 0 Å². The zero-order chi connectivity index (χ0) is 13.4. The first-order valence-electron chi connectivity index (χ1n) is 5.84. The molecule has 1 unspecified atom stereocenters. The van der Waals surface area contributed by atoms with Crippen molar-refractivity contribution in [2.75, 3.05) is 0 Å². The molecular weight excluding hydrogens is 281 g/mol. The van der Waals surface area contributed by atoms with Crippen LogP contribution >= 0.6 is 23.2 Å². The van der Waals surface area contributed by atoms with E-state index >= 15 is 0 Å². The van der Waals surface area contributed by atoms with E-state index in [1.807, 2.05) is 36.4 Å². The van der Waals surface area contributed by atoms with Crippen molar-refractivity contribution >= 4 is 34.2 Å². The van der Waals surface area contributed by atoms with Gasteiger partial charge < -0.3 is 10.2 Å². The minimum atomic E-state index is -0.359. The summed E-state index contributed by atoms with van der Waals surface area (Å²) >= 11 is 11.9. The number of furan rings is 1. The first-order valence-corrected chi connectivity index (χ1v) is 6.60. The van der Waals surface area contributed by atoms with Gasteiger partial charge in [-0.25, -0.2) is 0 Å². The number of hydrogen-bond donors (Lipinski definition) is 1. The molecule has 0 aliphatic rings. The van der Waals surface area contributed by atoms with Crippen LogP contribution < -0.4 is 5.73 Å². The molecule has 0 spiro atoms. The van der Waals surface area contributed by atoms with Gasteiger partial charge in [0.05, 0.1) is 16.1 Å². The molecule has 0 saturated heterocycles. The van der Waals surface area contributed by atoms with E-state index in [9.17, 15) is 0 Å². The maximum atomic E-state index is 6.20. The summed E-state index contributed by atoms with van der Waals surface area (Å²) < 4.78 is 5.75.